The summed E-state index contributed by atoms with van der Waals surface area (Å²) in [5, 5.41) is 0. The maximum absolute atomic E-state index is 4.34. The van der Waals surface area contributed by atoms with Gasteiger partial charge in [-0.25, -0.2) is 19.9 Å². The van der Waals surface area contributed by atoms with Crippen LogP contribution in [0.1, 0.15) is 25.5 Å². The first-order valence-corrected chi connectivity index (χ1v) is 4.21. The quantitative estimate of drug-likeness (QED) is 0.658. The summed E-state index contributed by atoms with van der Waals surface area (Å²) in [6.07, 6.45) is 4.99. The van der Waals surface area contributed by atoms with Crippen molar-refractivity contribution in [3.05, 3.63) is 24.3 Å². The van der Waals surface area contributed by atoms with Gasteiger partial charge in [0, 0.05) is 12.4 Å². The molecule has 0 amide bonds. The van der Waals surface area contributed by atoms with Gasteiger partial charge in [-0.3, -0.25) is 0 Å². The molecule has 2 aromatic rings. The second kappa shape index (κ2) is 3.05. The molecule has 0 saturated carbocycles. The van der Waals surface area contributed by atoms with Gasteiger partial charge in [0.15, 0.2) is 11.3 Å². The smallest absolute Gasteiger partial charge is 0.198 e. The summed E-state index contributed by atoms with van der Waals surface area (Å²) in [6.45, 7) is 4.15. The Morgan fingerprint density at radius 2 is 1.69 bits per heavy atom. The van der Waals surface area contributed by atoms with E-state index in [0.29, 0.717) is 17.2 Å². The monoisotopic (exact) mass is 174 g/mol. The van der Waals surface area contributed by atoms with E-state index in [1.54, 1.807) is 18.6 Å². The average molecular weight is 174 g/mol. The van der Waals surface area contributed by atoms with Crippen molar-refractivity contribution in [1.29, 1.82) is 0 Å². The van der Waals surface area contributed by atoms with Gasteiger partial charge in [-0.15, -0.1) is 0 Å². The lowest BCUT2D eigenvalue weighted by Gasteiger charge is -2.02. The van der Waals surface area contributed by atoms with Gasteiger partial charge >= 0.3 is 0 Å². The number of fused-ring (bicyclic) bond motifs is 1. The fraction of sp³-hybridized carbons (Fsp3) is 0.333. The highest BCUT2D eigenvalue weighted by Gasteiger charge is 2.03. The number of nitrogens with zero attached hydrogens (tertiary/aromatic N) is 4. The van der Waals surface area contributed by atoms with E-state index in [-0.39, 0.29) is 0 Å². The van der Waals surface area contributed by atoms with E-state index in [2.05, 4.69) is 33.8 Å². The number of aromatic nitrogens is 4. The molecule has 0 radical (unpaired) electrons. The van der Waals surface area contributed by atoms with E-state index in [1.165, 1.54) is 0 Å². The van der Waals surface area contributed by atoms with Gasteiger partial charge in [0.25, 0.3) is 0 Å². The van der Waals surface area contributed by atoms with Crippen molar-refractivity contribution in [2.45, 2.75) is 19.8 Å². The Labute approximate surface area is 76.1 Å². The minimum atomic E-state index is 0.374. The van der Waals surface area contributed by atoms with Crippen LogP contribution in [0.5, 0.6) is 0 Å². The molecular formula is C9H10N4. The molecular weight excluding hydrogens is 164 g/mol. The molecule has 0 unspecified atom stereocenters. The molecule has 2 heterocycles. The molecule has 2 rings (SSSR count). The third-order valence-electron chi connectivity index (χ3n) is 1.81. The summed E-state index contributed by atoms with van der Waals surface area (Å²) in [5.74, 6) is 0.374. The van der Waals surface area contributed by atoms with Crippen LogP contribution in [0.25, 0.3) is 11.3 Å². The second-order valence-corrected chi connectivity index (χ2v) is 3.15. The van der Waals surface area contributed by atoms with E-state index < -0.39 is 0 Å². The van der Waals surface area contributed by atoms with Crippen LogP contribution in [0.2, 0.25) is 0 Å². The van der Waals surface area contributed by atoms with Gasteiger partial charge in [-0.05, 0) is 5.92 Å². The Bertz CT molecular complexity index is 425. The van der Waals surface area contributed by atoms with Crippen molar-refractivity contribution >= 4 is 11.3 Å². The van der Waals surface area contributed by atoms with E-state index in [0.717, 1.165) is 5.69 Å². The van der Waals surface area contributed by atoms with Crippen molar-refractivity contribution in [3.8, 4) is 0 Å². The largest absolute Gasteiger partial charge is 0.232 e. The van der Waals surface area contributed by atoms with Crippen molar-refractivity contribution in [3.63, 3.8) is 0 Å². The number of hydrogen-bond acceptors (Lipinski definition) is 4. The van der Waals surface area contributed by atoms with Crippen LogP contribution >= 0.6 is 0 Å². The predicted molar refractivity (Wildman–Crippen MR) is 49.2 cm³/mol. The normalized spacial score (nSPS) is 11.0. The first-order valence-electron chi connectivity index (χ1n) is 4.21. The first-order chi connectivity index (χ1) is 6.27. The summed E-state index contributed by atoms with van der Waals surface area (Å²) >= 11 is 0. The van der Waals surface area contributed by atoms with Crippen molar-refractivity contribution < 1.29 is 0 Å². The van der Waals surface area contributed by atoms with Crippen LogP contribution in [0, 0.1) is 0 Å². The highest BCUT2D eigenvalue weighted by Crippen LogP contribution is 2.11. The lowest BCUT2D eigenvalue weighted by Crippen LogP contribution is -1.97. The van der Waals surface area contributed by atoms with Gasteiger partial charge in [0.05, 0.1) is 11.9 Å². The number of hydrogen-bond donors (Lipinski definition) is 0. The molecule has 4 nitrogen and oxygen atoms in total. The average Bonchev–Trinajstić information content (AvgIpc) is 2.17. The van der Waals surface area contributed by atoms with Crippen LogP contribution in [-0.4, -0.2) is 19.9 Å². The topological polar surface area (TPSA) is 51.6 Å². The van der Waals surface area contributed by atoms with Crippen LogP contribution in [0.15, 0.2) is 18.6 Å². The highest BCUT2D eigenvalue weighted by atomic mass is 15.0. The third-order valence-corrected chi connectivity index (χ3v) is 1.81. The molecule has 0 aliphatic heterocycles. The van der Waals surface area contributed by atoms with Gasteiger partial charge in [-0.1, -0.05) is 13.8 Å². The van der Waals surface area contributed by atoms with Gasteiger partial charge < -0.3 is 0 Å². The molecule has 0 fully saturated rings. The summed E-state index contributed by atoms with van der Waals surface area (Å²) < 4.78 is 0. The molecule has 0 bridgehead atoms. The van der Waals surface area contributed by atoms with E-state index >= 15 is 0 Å². The number of rotatable bonds is 1. The highest BCUT2D eigenvalue weighted by molar-refractivity contribution is 5.63. The molecule has 0 atom stereocenters. The molecule has 0 aromatic carbocycles. The Balaban J connectivity index is 2.62. The van der Waals surface area contributed by atoms with E-state index in [1.807, 2.05) is 0 Å². The third kappa shape index (κ3) is 1.47. The summed E-state index contributed by atoms with van der Waals surface area (Å²) in [4.78, 5) is 16.6. The molecule has 0 N–H and O–H groups in total. The Hall–Kier alpha value is -1.58. The zero-order valence-corrected chi connectivity index (χ0v) is 7.60. The Kier molecular flexibility index (Phi) is 1.88. The molecule has 0 aliphatic rings. The van der Waals surface area contributed by atoms with E-state index in [9.17, 15) is 0 Å². The van der Waals surface area contributed by atoms with Crippen molar-refractivity contribution in [1.82, 2.24) is 19.9 Å². The van der Waals surface area contributed by atoms with Gasteiger partial charge in [0.1, 0.15) is 0 Å². The van der Waals surface area contributed by atoms with Crippen LogP contribution in [0.4, 0.5) is 0 Å². The molecule has 66 valence electrons. The lowest BCUT2D eigenvalue weighted by atomic mass is 10.1. The standard InChI is InChI=1S/C9H10N4/c1-6(2)7-5-12-8-9(13-7)11-4-3-10-8/h3-6H,1-2H3. The molecule has 0 saturated heterocycles. The Morgan fingerprint density at radius 1 is 1.00 bits per heavy atom. The molecule has 0 spiro atoms. The summed E-state index contributed by atoms with van der Waals surface area (Å²) in [5.41, 5.74) is 2.17. The summed E-state index contributed by atoms with van der Waals surface area (Å²) in [6, 6.07) is 0. The van der Waals surface area contributed by atoms with Gasteiger partial charge in [-0.2, -0.15) is 0 Å². The van der Waals surface area contributed by atoms with Crippen LogP contribution in [0.3, 0.4) is 0 Å². The van der Waals surface area contributed by atoms with Crippen LogP contribution in [-0.2, 0) is 0 Å². The summed E-state index contributed by atoms with van der Waals surface area (Å²) in [7, 11) is 0. The maximum Gasteiger partial charge on any atom is 0.198 e. The molecule has 0 aliphatic carbocycles. The Morgan fingerprint density at radius 3 is 2.38 bits per heavy atom. The second-order valence-electron chi connectivity index (χ2n) is 3.15. The van der Waals surface area contributed by atoms with E-state index in [4.69, 9.17) is 0 Å². The zero-order chi connectivity index (χ0) is 9.26. The first kappa shape index (κ1) is 8.04. The predicted octanol–water partition coefficient (Wildman–Crippen LogP) is 1.54. The minimum Gasteiger partial charge on any atom is -0.232 e. The minimum absolute atomic E-state index is 0.374. The maximum atomic E-state index is 4.34. The zero-order valence-electron chi connectivity index (χ0n) is 7.60. The van der Waals surface area contributed by atoms with Crippen LogP contribution < -0.4 is 0 Å². The van der Waals surface area contributed by atoms with Crippen molar-refractivity contribution in [2.24, 2.45) is 0 Å². The molecule has 2 aromatic heterocycles. The SMILES string of the molecule is CC(C)c1cnc2nccnc2n1. The lowest BCUT2D eigenvalue weighted by molar-refractivity contribution is 0.818. The molecule has 4 heteroatoms. The fourth-order valence-corrected chi connectivity index (χ4v) is 1.05. The molecule has 13 heavy (non-hydrogen) atoms. The van der Waals surface area contributed by atoms with Gasteiger partial charge in [0.2, 0.25) is 0 Å². The van der Waals surface area contributed by atoms with Crippen molar-refractivity contribution in [2.75, 3.05) is 0 Å². The fourth-order valence-electron chi connectivity index (χ4n) is 1.05.